The molecule has 1 nitrogen and oxygen atoms in total. The van der Waals surface area contributed by atoms with Crippen LogP contribution >= 0.6 is 0 Å². The molecule has 0 aliphatic carbocycles. The number of aryl methyl sites for hydroxylation is 1. The largest absolute Gasteiger partial charge is 0.486 e. The summed E-state index contributed by atoms with van der Waals surface area (Å²) in [6.45, 7) is 5.91. The maximum atomic E-state index is 5.93. The molecular formula is C17H18O. The van der Waals surface area contributed by atoms with Crippen LogP contribution in [0.2, 0.25) is 0 Å². The van der Waals surface area contributed by atoms with Crippen LogP contribution in [-0.4, -0.2) is 6.10 Å². The Kier molecular flexibility index (Phi) is 4.19. The SMILES string of the molecule is C=CC(Cc1ccccc1)Oc1cccc(C)c1. The molecule has 1 unspecified atom stereocenters. The maximum Gasteiger partial charge on any atom is 0.121 e. The van der Waals surface area contributed by atoms with Gasteiger partial charge in [0.15, 0.2) is 0 Å². The van der Waals surface area contributed by atoms with E-state index < -0.39 is 0 Å². The van der Waals surface area contributed by atoms with E-state index in [9.17, 15) is 0 Å². The van der Waals surface area contributed by atoms with Gasteiger partial charge < -0.3 is 4.74 Å². The van der Waals surface area contributed by atoms with Gasteiger partial charge in [-0.1, -0.05) is 55.1 Å². The van der Waals surface area contributed by atoms with Gasteiger partial charge in [-0.3, -0.25) is 0 Å². The van der Waals surface area contributed by atoms with Gasteiger partial charge in [0.05, 0.1) is 0 Å². The average molecular weight is 238 g/mol. The van der Waals surface area contributed by atoms with Crippen molar-refractivity contribution < 1.29 is 4.74 Å². The van der Waals surface area contributed by atoms with Crippen LogP contribution in [0.25, 0.3) is 0 Å². The van der Waals surface area contributed by atoms with E-state index in [1.54, 1.807) is 0 Å². The normalized spacial score (nSPS) is 11.8. The second-order valence-corrected chi connectivity index (χ2v) is 4.40. The zero-order valence-electron chi connectivity index (χ0n) is 10.7. The fourth-order valence-electron chi connectivity index (χ4n) is 1.88. The lowest BCUT2D eigenvalue weighted by Crippen LogP contribution is -2.16. The lowest BCUT2D eigenvalue weighted by Gasteiger charge is -2.16. The molecule has 0 saturated heterocycles. The molecule has 2 aromatic carbocycles. The van der Waals surface area contributed by atoms with E-state index in [0.717, 1.165) is 12.2 Å². The van der Waals surface area contributed by atoms with E-state index in [0.29, 0.717) is 0 Å². The molecular weight excluding hydrogens is 220 g/mol. The Labute approximate surface area is 109 Å². The molecule has 1 atom stereocenters. The van der Waals surface area contributed by atoms with Gasteiger partial charge in [0, 0.05) is 6.42 Å². The van der Waals surface area contributed by atoms with Crippen molar-refractivity contribution in [1.82, 2.24) is 0 Å². The van der Waals surface area contributed by atoms with Crippen molar-refractivity contribution in [2.45, 2.75) is 19.4 Å². The smallest absolute Gasteiger partial charge is 0.121 e. The summed E-state index contributed by atoms with van der Waals surface area (Å²) in [5.41, 5.74) is 2.46. The lowest BCUT2D eigenvalue weighted by molar-refractivity contribution is 0.250. The summed E-state index contributed by atoms with van der Waals surface area (Å²) < 4.78 is 5.93. The third kappa shape index (κ3) is 3.49. The molecule has 0 amide bonds. The van der Waals surface area contributed by atoms with Gasteiger partial charge in [0.1, 0.15) is 11.9 Å². The average Bonchev–Trinajstić information content (AvgIpc) is 2.39. The summed E-state index contributed by atoms with van der Waals surface area (Å²) >= 11 is 0. The van der Waals surface area contributed by atoms with Crippen molar-refractivity contribution in [1.29, 1.82) is 0 Å². The molecule has 0 heterocycles. The molecule has 1 heteroatoms. The van der Waals surface area contributed by atoms with Gasteiger partial charge in [0.25, 0.3) is 0 Å². The molecule has 2 aromatic rings. The summed E-state index contributed by atoms with van der Waals surface area (Å²) in [7, 11) is 0. The van der Waals surface area contributed by atoms with Crippen molar-refractivity contribution in [2.75, 3.05) is 0 Å². The highest BCUT2D eigenvalue weighted by atomic mass is 16.5. The van der Waals surface area contributed by atoms with E-state index in [1.165, 1.54) is 11.1 Å². The molecule has 0 aliphatic rings. The first-order valence-corrected chi connectivity index (χ1v) is 6.18. The van der Waals surface area contributed by atoms with Crippen molar-refractivity contribution in [2.24, 2.45) is 0 Å². The first-order valence-electron chi connectivity index (χ1n) is 6.18. The molecule has 0 radical (unpaired) electrons. The molecule has 92 valence electrons. The number of benzene rings is 2. The van der Waals surface area contributed by atoms with E-state index in [4.69, 9.17) is 4.74 Å². The highest BCUT2D eigenvalue weighted by Gasteiger charge is 2.07. The first-order chi connectivity index (χ1) is 8.78. The fraction of sp³-hybridized carbons (Fsp3) is 0.176. The minimum absolute atomic E-state index is 0.00852. The molecule has 18 heavy (non-hydrogen) atoms. The number of rotatable bonds is 5. The molecule has 0 spiro atoms. The Bertz CT molecular complexity index is 502. The van der Waals surface area contributed by atoms with Crippen LogP contribution in [0.15, 0.2) is 67.3 Å². The van der Waals surface area contributed by atoms with Crippen molar-refractivity contribution in [3.63, 3.8) is 0 Å². The number of hydrogen-bond donors (Lipinski definition) is 0. The fourth-order valence-corrected chi connectivity index (χ4v) is 1.88. The molecule has 0 N–H and O–H groups in total. The molecule has 0 saturated carbocycles. The summed E-state index contributed by atoms with van der Waals surface area (Å²) in [6.07, 6.45) is 2.71. The van der Waals surface area contributed by atoms with Crippen LogP contribution in [-0.2, 0) is 6.42 Å². The quantitative estimate of drug-likeness (QED) is 0.710. The van der Waals surface area contributed by atoms with Crippen LogP contribution in [0.1, 0.15) is 11.1 Å². The zero-order chi connectivity index (χ0) is 12.8. The first kappa shape index (κ1) is 12.4. The van der Waals surface area contributed by atoms with Gasteiger partial charge in [-0.05, 0) is 30.2 Å². The van der Waals surface area contributed by atoms with E-state index in [1.807, 2.05) is 42.5 Å². The van der Waals surface area contributed by atoms with Gasteiger partial charge in [-0.25, -0.2) is 0 Å². The van der Waals surface area contributed by atoms with Crippen molar-refractivity contribution in [3.05, 3.63) is 78.4 Å². The summed E-state index contributed by atoms with van der Waals surface area (Å²) in [5, 5.41) is 0. The van der Waals surface area contributed by atoms with Crippen LogP contribution in [0, 0.1) is 6.92 Å². The summed E-state index contributed by atoms with van der Waals surface area (Å²) in [5.74, 6) is 0.899. The van der Waals surface area contributed by atoms with E-state index in [2.05, 4.69) is 31.7 Å². The minimum Gasteiger partial charge on any atom is -0.486 e. The molecule has 0 fully saturated rings. The van der Waals surface area contributed by atoms with Crippen molar-refractivity contribution >= 4 is 0 Å². The summed E-state index contributed by atoms with van der Waals surface area (Å²) in [4.78, 5) is 0. The van der Waals surface area contributed by atoms with E-state index in [-0.39, 0.29) is 6.10 Å². The predicted octanol–water partition coefficient (Wildman–Crippen LogP) is 4.17. The number of ether oxygens (including phenoxy) is 1. The third-order valence-electron chi connectivity index (χ3n) is 2.82. The van der Waals surface area contributed by atoms with E-state index >= 15 is 0 Å². The predicted molar refractivity (Wildman–Crippen MR) is 75.9 cm³/mol. The van der Waals surface area contributed by atoms with Crippen molar-refractivity contribution in [3.8, 4) is 5.75 Å². The highest BCUT2D eigenvalue weighted by Crippen LogP contribution is 2.16. The zero-order valence-corrected chi connectivity index (χ0v) is 10.7. The van der Waals surface area contributed by atoms with Crippen LogP contribution in [0.3, 0.4) is 0 Å². The van der Waals surface area contributed by atoms with Gasteiger partial charge in [-0.15, -0.1) is 0 Å². The third-order valence-corrected chi connectivity index (χ3v) is 2.82. The topological polar surface area (TPSA) is 9.23 Å². The number of hydrogen-bond acceptors (Lipinski definition) is 1. The minimum atomic E-state index is 0.00852. The van der Waals surface area contributed by atoms with Crippen LogP contribution in [0.4, 0.5) is 0 Å². The molecule has 0 bridgehead atoms. The Morgan fingerprint density at radius 2 is 1.89 bits per heavy atom. The maximum absolute atomic E-state index is 5.93. The second kappa shape index (κ2) is 6.06. The Morgan fingerprint density at radius 1 is 1.11 bits per heavy atom. The summed E-state index contributed by atoms with van der Waals surface area (Å²) in [6, 6.07) is 18.4. The Balaban J connectivity index is 2.04. The molecule has 0 aliphatic heterocycles. The van der Waals surface area contributed by atoms with Crippen LogP contribution in [0.5, 0.6) is 5.75 Å². The van der Waals surface area contributed by atoms with Crippen LogP contribution < -0.4 is 4.74 Å². The lowest BCUT2D eigenvalue weighted by atomic mass is 10.1. The monoisotopic (exact) mass is 238 g/mol. The standard InChI is InChI=1S/C17H18O/c1-3-16(13-15-9-5-4-6-10-15)18-17-11-7-8-14(2)12-17/h3-12,16H,1,13H2,2H3. The van der Waals surface area contributed by atoms with Gasteiger partial charge >= 0.3 is 0 Å². The molecule has 2 rings (SSSR count). The highest BCUT2D eigenvalue weighted by molar-refractivity contribution is 5.28. The van der Waals surface area contributed by atoms with Gasteiger partial charge in [0.2, 0.25) is 0 Å². The Hall–Kier alpha value is -2.02. The van der Waals surface area contributed by atoms with Gasteiger partial charge in [-0.2, -0.15) is 0 Å². The second-order valence-electron chi connectivity index (χ2n) is 4.40. The molecule has 0 aromatic heterocycles. The Morgan fingerprint density at radius 3 is 2.56 bits per heavy atom.